The number of Topliss-reactive ketones (excluding diaryl/α,β-unsaturated/α-hetero) is 1. The lowest BCUT2D eigenvalue weighted by Gasteiger charge is -2.14. The molecule has 1 aliphatic heterocycles. The molecule has 0 spiro atoms. The van der Waals surface area contributed by atoms with Crippen LogP contribution in [0.25, 0.3) is 11.4 Å². The van der Waals surface area contributed by atoms with E-state index >= 15 is 0 Å². The van der Waals surface area contributed by atoms with Crippen molar-refractivity contribution in [1.29, 1.82) is 0 Å². The summed E-state index contributed by atoms with van der Waals surface area (Å²) in [6.07, 6.45) is -0.0223. The average Bonchev–Trinajstić information content (AvgIpc) is 2.96. The summed E-state index contributed by atoms with van der Waals surface area (Å²) in [6, 6.07) is 7.19. The number of hydrogen-bond donors (Lipinski definition) is 0. The van der Waals surface area contributed by atoms with Crippen molar-refractivity contribution in [3.63, 3.8) is 0 Å². The molecule has 0 saturated carbocycles. The normalized spacial score (nSPS) is 15.3. The minimum atomic E-state index is -0.175. The fraction of sp³-hybridized carbons (Fsp3) is 0.231. The predicted molar refractivity (Wildman–Crippen MR) is 66.4 cm³/mol. The molecule has 19 heavy (non-hydrogen) atoms. The summed E-state index contributed by atoms with van der Waals surface area (Å²) in [5, 5.41) is 3.83. The first-order valence-corrected chi connectivity index (χ1v) is 5.86. The number of carbonyl (C=O) groups excluding carboxylic acids is 2. The van der Waals surface area contributed by atoms with Crippen molar-refractivity contribution in [2.45, 2.75) is 13.3 Å². The monoisotopic (exact) mass is 257 g/mol. The van der Waals surface area contributed by atoms with Crippen LogP contribution in [0.5, 0.6) is 0 Å². The zero-order chi connectivity index (χ0) is 13.4. The number of hydrogen-bond acceptors (Lipinski definition) is 5. The van der Waals surface area contributed by atoms with E-state index in [-0.39, 0.29) is 24.7 Å². The summed E-state index contributed by atoms with van der Waals surface area (Å²) < 4.78 is 4.93. The number of rotatable bonds is 2. The van der Waals surface area contributed by atoms with Crippen LogP contribution in [0, 0.1) is 6.92 Å². The summed E-state index contributed by atoms with van der Waals surface area (Å²) in [6.45, 7) is 1.84. The Labute approximate surface area is 109 Å². The molecule has 1 aromatic carbocycles. The van der Waals surface area contributed by atoms with E-state index in [2.05, 4.69) is 10.1 Å². The number of ketones is 1. The van der Waals surface area contributed by atoms with Crippen LogP contribution in [-0.2, 0) is 9.59 Å². The van der Waals surface area contributed by atoms with Gasteiger partial charge in [0.25, 0.3) is 0 Å². The maximum absolute atomic E-state index is 11.7. The maximum Gasteiger partial charge on any atom is 0.234 e. The summed E-state index contributed by atoms with van der Waals surface area (Å²) in [4.78, 5) is 28.6. The molecule has 0 bridgehead atoms. The third kappa shape index (κ3) is 2.12. The summed E-state index contributed by atoms with van der Waals surface area (Å²) >= 11 is 0. The van der Waals surface area contributed by atoms with Crippen LogP contribution in [0.4, 0.5) is 5.69 Å². The molecule has 96 valence electrons. The van der Waals surface area contributed by atoms with Crippen LogP contribution >= 0.6 is 0 Å². The van der Waals surface area contributed by atoms with Gasteiger partial charge in [0.2, 0.25) is 17.6 Å². The Morgan fingerprint density at radius 3 is 2.79 bits per heavy atom. The molecular formula is C13H11N3O3. The molecule has 3 rings (SSSR count). The van der Waals surface area contributed by atoms with Crippen molar-refractivity contribution < 1.29 is 14.1 Å². The molecule has 1 fully saturated rings. The van der Waals surface area contributed by atoms with Crippen molar-refractivity contribution in [1.82, 2.24) is 10.1 Å². The lowest BCUT2D eigenvalue weighted by molar-refractivity contribution is -0.121. The van der Waals surface area contributed by atoms with Gasteiger partial charge in [-0.2, -0.15) is 4.98 Å². The second-order valence-electron chi connectivity index (χ2n) is 4.38. The largest absolute Gasteiger partial charge is 0.339 e. The Hall–Kier alpha value is -2.50. The van der Waals surface area contributed by atoms with E-state index in [0.717, 1.165) is 5.56 Å². The van der Waals surface area contributed by atoms with Gasteiger partial charge in [-0.1, -0.05) is 17.3 Å². The van der Waals surface area contributed by atoms with Gasteiger partial charge in [-0.25, -0.2) is 0 Å². The number of carbonyl (C=O) groups is 2. The van der Waals surface area contributed by atoms with Crippen LogP contribution in [0.15, 0.2) is 28.8 Å². The molecule has 0 N–H and O–H groups in total. The van der Waals surface area contributed by atoms with E-state index in [1.807, 2.05) is 6.07 Å². The lowest BCUT2D eigenvalue weighted by Crippen LogP contribution is -2.24. The van der Waals surface area contributed by atoms with Crippen LogP contribution in [0.3, 0.4) is 0 Å². The lowest BCUT2D eigenvalue weighted by atomic mass is 10.2. The number of amides is 1. The number of nitrogens with zero attached hydrogens (tertiary/aromatic N) is 3. The number of aromatic nitrogens is 2. The number of benzene rings is 1. The van der Waals surface area contributed by atoms with Crippen LogP contribution in [0.2, 0.25) is 0 Å². The van der Waals surface area contributed by atoms with Crippen molar-refractivity contribution in [3.05, 3.63) is 30.2 Å². The van der Waals surface area contributed by atoms with Crippen molar-refractivity contribution >= 4 is 17.4 Å². The second-order valence-corrected chi connectivity index (χ2v) is 4.38. The van der Waals surface area contributed by atoms with E-state index in [1.54, 1.807) is 25.1 Å². The van der Waals surface area contributed by atoms with Crippen LogP contribution < -0.4 is 4.90 Å². The Morgan fingerprint density at radius 2 is 2.16 bits per heavy atom. The summed E-state index contributed by atoms with van der Waals surface area (Å²) in [5.41, 5.74) is 1.43. The van der Waals surface area contributed by atoms with Gasteiger partial charge in [-0.15, -0.1) is 0 Å². The zero-order valence-electron chi connectivity index (χ0n) is 10.3. The highest BCUT2D eigenvalue weighted by atomic mass is 16.5. The molecular weight excluding hydrogens is 246 g/mol. The van der Waals surface area contributed by atoms with E-state index < -0.39 is 0 Å². The Bertz CT molecular complexity index is 663. The molecule has 2 aromatic rings. The van der Waals surface area contributed by atoms with E-state index in [4.69, 9.17) is 4.52 Å². The predicted octanol–water partition coefficient (Wildman–Crippen LogP) is 1.35. The molecule has 6 nitrogen and oxygen atoms in total. The first kappa shape index (κ1) is 11.6. The molecule has 0 aliphatic carbocycles. The van der Waals surface area contributed by atoms with E-state index in [1.165, 1.54) is 4.90 Å². The molecule has 1 aromatic heterocycles. The highest BCUT2D eigenvalue weighted by Gasteiger charge is 2.28. The van der Waals surface area contributed by atoms with Gasteiger partial charge in [0.05, 0.1) is 13.0 Å². The molecule has 6 heteroatoms. The minimum Gasteiger partial charge on any atom is -0.339 e. The maximum atomic E-state index is 11.7. The Balaban J connectivity index is 1.96. The molecule has 0 radical (unpaired) electrons. The molecule has 2 heterocycles. The Kier molecular flexibility index (Phi) is 2.63. The van der Waals surface area contributed by atoms with Crippen molar-refractivity contribution in [2.24, 2.45) is 0 Å². The fourth-order valence-electron chi connectivity index (χ4n) is 2.05. The number of aryl methyl sites for hydroxylation is 1. The third-order valence-corrected chi connectivity index (χ3v) is 2.93. The topological polar surface area (TPSA) is 76.3 Å². The van der Waals surface area contributed by atoms with Gasteiger partial charge >= 0.3 is 0 Å². The summed E-state index contributed by atoms with van der Waals surface area (Å²) in [7, 11) is 0. The molecule has 1 amide bonds. The van der Waals surface area contributed by atoms with Gasteiger partial charge in [-0.3, -0.25) is 9.59 Å². The highest BCUT2D eigenvalue weighted by molar-refractivity contribution is 6.15. The van der Waals surface area contributed by atoms with Crippen LogP contribution in [-0.4, -0.2) is 28.4 Å². The average molecular weight is 257 g/mol. The number of anilines is 1. The van der Waals surface area contributed by atoms with Crippen LogP contribution in [0.1, 0.15) is 12.3 Å². The smallest absolute Gasteiger partial charge is 0.234 e. The zero-order valence-corrected chi connectivity index (χ0v) is 10.3. The van der Waals surface area contributed by atoms with Crippen molar-refractivity contribution in [2.75, 3.05) is 11.4 Å². The summed E-state index contributed by atoms with van der Waals surface area (Å²) in [5.74, 6) is 0.711. The first-order chi connectivity index (χ1) is 9.13. The van der Waals surface area contributed by atoms with E-state index in [0.29, 0.717) is 17.4 Å². The SMILES string of the molecule is Cc1nc(-c2cccc(N3CC(=O)CC3=O)c2)no1. The van der Waals surface area contributed by atoms with E-state index in [9.17, 15) is 9.59 Å². The van der Waals surface area contributed by atoms with Gasteiger partial charge in [0, 0.05) is 18.2 Å². The van der Waals surface area contributed by atoms with Gasteiger partial charge < -0.3 is 9.42 Å². The van der Waals surface area contributed by atoms with Crippen molar-refractivity contribution in [3.8, 4) is 11.4 Å². The van der Waals surface area contributed by atoms with Gasteiger partial charge in [0.15, 0.2) is 5.78 Å². The molecule has 1 saturated heterocycles. The molecule has 0 atom stereocenters. The third-order valence-electron chi connectivity index (χ3n) is 2.93. The molecule has 1 aliphatic rings. The molecule has 0 unspecified atom stereocenters. The van der Waals surface area contributed by atoms with Gasteiger partial charge in [-0.05, 0) is 12.1 Å². The Morgan fingerprint density at radius 1 is 1.32 bits per heavy atom. The standard InChI is InChI=1S/C13H11N3O3/c1-8-14-13(15-19-8)9-3-2-4-10(5-9)16-7-11(17)6-12(16)18/h2-5H,6-7H2,1H3. The second kappa shape index (κ2) is 4.31. The quantitative estimate of drug-likeness (QED) is 0.759. The van der Waals surface area contributed by atoms with Gasteiger partial charge in [0.1, 0.15) is 0 Å². The fourth-order valence-corrected chi connectivity index (χ4v) is 2.05. The first-order valence-electron chi connectivity index (χ1n) is 5.86. The highest BCUT2D eigenvalue weighted by Crippen LogP contribution is 2.25. The minimum absolute atomic E-state index is 0.0223.